The Hall–Kier alpha value is -2.28. The highest BCUT2D eigenvalue weighted by Gasteiger charge is 2.29. The fraction of sp³-hybridized carbons (Fsp3) is 0.500. The minimum Gasteiger partial charge on any atom is -0.465 e. The van der Waals surface area contributed by atoms with Crippen LogP contribution in [0.25, 0.3) is 16.5 Å². The summed E-state index contributed by atoms with van der Waals surface area (Å²) in [7, 11) is 1.39. The predicted octanol–water partition coefficient (Wildman–Crippen LogP) is 5.62. The van der Waals surface area contributed by atoms with Gasteiger partial charge in [0, 0.05) is 28.6 Å². The molecule has 0 unspecified atom stereocenters. The van der Waals surface area contributed by atoms with Crippen LogP contribution in [0.4, 0.5) is 4.79 Å². The minimum absolute atomic E-state index is 0.280. The van der Waals surface area contributed by atoms with Crippen LogP contribution in [0.2, 0.25) is 0 Å². The first-order chi connectivity index (χ1) is 14.7. The topological polar surface area (TPSA) is 60.8 Å². The molecule has 0 saturated heterocycles. The van der Waals surface area contributed by atoms with Crippen LogP contribution in [0, 0.1) is 5.92 Å². The van der Waals surface area contributed by atoms with E-state index in [0.29, 0.717) is 24.6 Å². The molecule has 1 aliphatic carbocycles. The Morgan fingerprint density at radius 1 is 1.19 bits per heavy atom. The number of hydrogen-bond donors (Lipinski definition) is 0. The lowest BCUT2D eigenvalue weighted by atomic mass is 10.1. The van der Waals surface area contributed by atoms with Crippen molar-refractivity contribution in [1.82, 2.24) is 9.47 Å². The predicted molar refractivity (Wildman–Crippen MR) is 124 cm³/mol. The molecule has 166 valence electrons. The lowest BCUT2D eigenvalue weighted by molar-refractivity contribution is 0.0272. The highest BCUT2D eigenvalue weighted by molar-refractivity contribution is 9.10. The van der Waals surface area contributed by atoms with E-state index in [-0.39, 0.29) is 12.1 Å². The largest absolute Gasteiger partial charge is 0.465 e. The molecule has 7 heteroatoms. The highest BCUT2D eigenvalue weighted by atomic mass is 79.9. The summed E-state index contributed by atoms with van der Waals surface area (Å²) in [4.78, 5) is 26.5. The Balaban J connectivity index is 1.72. The van der Waals surface area contributed by atoms with Crippen LogP contribution in [0.3, 0.4) is 0 Å². The fourth-order valence-electron chi connectivity index (χ4n) is 4.02. The third kappa shape index (κ3) is 4.81. The zero-order valence-corrected chi connectivity index (χ0v) is 20.1. The van der Waals surface area contributed by atoms with Gasteiger partial charge in [0.05, 0.1) is 24.7 Å². The van der Waals surface area contributed by atoms with Crippen LogP contribution in [0.15, 0.2) is 28.7 Å². The zero-order chi connectivity index (χ0) is 22.3. The molecule has 2 aliphatic rings. The van der Waals surface area contributed by atoms with Crippen molar-refractivity contribution in [2.75, 3.05) is 20.2 Å². The number of carbonyl (C=O) groups is 2. The SMILES string of the molecule is COC(=O)c1cc(Br)c2c(c1)cc(C1=CCCN(C(=O)OC(C)(C)C)C1)n2CC1CC1. The van der Waals surface area contributed by atoms with E-state index in [0.717, 1.165) is 39.6 Å². The van der Waals surface area contributed by atoms with Gasteiger partial charge in [0.15, 0.2) is 0 Å². The number of fused-ring (bicyclic) bond motifs is 1. The van der Waals surface area contributed by atoms with E-state index in [1.165, 1.54) is 20.0 Å². The second-order valence-corrected chi connectivity index (χ2v) is 10.2. The molecular weight excluding hydrogens is 460 g/mol. The van der Waals surface area contributed by atoms with Crippen molar-refractivity contribution >= 4 is 44.5 Å². The number of carbonyl (C=O) groups excluding carboxylic acids is 2. The minimum atomic E-state index is -0.519. The van der Waals surface area contributed by atoms with Gasteiger partial charge in [0.1, 0.15) is 5.60 Å². The summed E-state index contributed by atoms with van der Waals surface area (Å²) in [5.74, 6) is 0.319. The maximum Gasteiger partial charge on any atom is 0.410 e. The third-order valence-corrected chi connectivity index (χ3v) is 6.24. The summed E-state index contributed by atoms with van der Waals surface area (Å²) in [5.41, 5.74) is 3.28. The average molecular weight is 489 g/mol. The number of hydrogen-bond acceptors (Lipinski definition) is 4. The monoisotopic (exact) mass is 488 g/mol. The van der Waals surface area contributed by atoms with Crippen LogP contribution < -0.4 is 0 Å². The first-order valence-electron chi connectivity index (χ1n) is 10.7. The number of ether oxygens (including phenoxy) is 2. The number of rotatable bonds is 4. The summed E-state index contributed by atoms with van der Waals surface area (Å²) in [6.07, 6.45) is 5.19. The second-order valence-electron chi connectivity index (χ2n) is 9.39. The Morgan fingerprint density at radius 3 is 2.58 bits per heavy atom. The summed E-state index contributed by atoms with van der Waals surface area (Å²) < 4.78 is 13.7. The van der Waals surface area contributed by atoms with Gasteiger partial charge in [-0.2, -0.15) is 0 Å². The van der Waals surface area contributed by atoms with Gasteiger partial charge in [-0.25, -0.2) is 9.59 Å². The van der Waals surface area contributed by atoms with Crippen molar-refractivity contribution in [2.45, 2.75) is 52.2 Å². The molecular formula is C24H29BrN2O4. The lowest BCUT2D eigenvalue weighted by Gasteiger charge is -2.30. The Bertz CT molecular complexity index is 1060. The summed E-state index contributed by atoms with van der Waals surface area (Å²) in [6, 6.07) is 5.83. The van der Waals surface area contributed by atoms with Gasteiger partial charge in [-0.1, -0.05) is 6.08 Å². The molecule has 1 aromatic carbocycles. The van der Waals surface area contributed by atoms with Gasteiger partial charge in [0.25, 0.3) is 0 Å². The van der Waals surface area contributed by atoms with E-state index in [4.69, 9.17) is 9.47 Å². The van der Waals surface area contributed by atoms with Crippen LogP contribution in [0.5, 0.6) is 0 Å². The molecule has 0 spiro atoms. The van der Waals surface area contributed by atoms with E-state index in [1.54, 1.807) is 4.90 Å². The first-order valence-corrected chi connectivity index (χ1v) is 11.5. The standard InChI is InChI=1S/C24H29BrN2O4/c1-24(2,3)31-23(29)26-9-5-6-16(14-26)20-12-17-10-18(22(28)30-4)11-19(25)21(17)27(20)13-15-7-8-15/h6,10-12,15H,5,7-9,13-14H2,1-4H3. The average Bonchev–Trinajstić information content (AvgIpc) is 3.45. The summed E-state index contributed by atoms with van der Waals surface area (Å²) in [5, 5.41) is 0.987. The Labute approximate surface area is 191 Å². The molecule has 1 fully saturated rings. The second kappa shape index (κ2) is 8.34. The van der Waals surface area contributed by atoms with E-state index >= 15 is 0 Å². The van der Waals surface area contributed by atoms with Crippen LogP contribution in [-0.2, 0) is 16.0 Å². The summed E-state index contributed by atoms with van der Waals surface area (Å²) >= 11 is 3.68. The number of esters is 1. The maximum absolute atomic E-state index is 12.7. The smallest absolute Gasteiger partial charge is 0.410 e. The van der Waals surface area contributed by atoms with Crippen molar-refractivity contribution in [2.24, 2.45) is 5.92 Å². The van der Waals surface area contributed by atoms with Crippen molar-refractivity contribution in [1.29, 1.82) is 0 Å². The molecule has 1 aromatic heterocycles. The van der Waals surface area contributed by atoms with Gasteiger partial charge < -0.3 is 18.9 Å². The molecule has 2 aromatic rings. The third-order valence-electron chi connectivity index (χ3n) is 5.64. The highest BCUT2D eigenvalue weighted by Crippen LogP contribution is 2.38. The number of aromatic nitrogens is 1. The van der Waals surface area contributed by atoms with Gasteiger partial charge in [-0.15, -0.1) is 0 Å². The van der Waals surface area contributed by atoms with E-state index < -0.39 is 5.60 Å². The Morgan fingerprint density at radius 2 is 1.94 bits per heavy atom. The van der Waals surface area contributed by atoms with Crippen molar-refractivity contribution < 1.29 is 19.1 Å². The molecule has 0 atom stereocenters. The molecule has 0 radical (unpaired) electrons. The van der Waals surface area contributed by atoms with Crippen LogP contribution in [0.1, 0.15) is 56.1 Å². The lowest BCUT2D eigenvalue weighted by Crippen LogP contribution is -2.39. The molecule has 31 heavy (non-hydrogen) atoms. The summed E-state index contributed by atoms with van der Waals surface area (Å²) in [6.45, 7) is 7.74. The quantitative estimate of drug-likeness (QED) is 0.523. The van der Waals surface area contributed by atoms with E-state index in [2.05, 4.69) is 32.6 Å². The van der Waals surface area contributed by atoms with Crippen molar-refractivity contribution in [3.63, 3.8) is 0 Å². The molecule has 1 aliphatic heterocycles. The van der Waals surface area contributed by atoms with Gasteiger partial charge in [-0.05, 0) is 85.7 Å². The number of nitrogens with zero attached hydrogens (tertiary/aromatic N) is 2. The van der Waals surface area contributed by atoms with Gasteiger partial charge >= 0.3 is 12.1 Å². The zero-order valence-electron chi connectivity index (χ0n) is 18.5. The van der Waals surface area contributed by atoms with Gasteiger partial charge in [0.2, 0.25) is 0 Å². The Kier molecular flexibility index (Phi) is 5.90. The molecule has 2 heterocycles. The van der Waals surface area contributed by atoms with Crippen LogP contribution in [-0.4, -0.2) is 47.3 Å². The van der Waals surface area contributed by atoms with Gasteiger partial charge in [-0.3, -0.25) is 0 Å². The molecule has 1 amide bonds. The molecule has 0 N–H and O–H groups in total. The van der Waals surface area contributed by atoms with E-state index in [1.807, 2.05) is 32.9 Å². The molecule has 4 rings (SSSR count). The number of amides is 1. The maximum atomic E-state index is 12.7. The molecule has 1 saturated carbocycles. The van der Waals surface area contributed by atoms with Crippen molar-refractivity contribution in [3.8, 4) is 0 Å². The number of methoxy groups -OCH3 is 1. The molecule has 0 bridgehead atoms. The number of benzene rings is 1. The van der Waals surface area contributed by atoms with Crippen LogP contribution >= 0.6 is 15.9 Å². The first kappa shape index (κ1) is 21.9. The normalized spacial score (nSPS) is 16.9. The molecule has 6 nitrogen and oxygen atoms in total. The fourth-order valence-corrected chi connectivity index (χ4v) is 4.71. The van der Waals surface area contributed by atoms with E-state index in [9.17, 15) is 9.59 Å². The van der Waals surface area contributed by atoms with Crippen molar-refractivity contribution in [3.05, 3.63) is 40.0 Å². The number of halogens is 1.